The van der Waals surface area contributed by atoms with Gasteiger partial charge in [0, 0.05) is 28.4 Å². The van der Waals surface area contributed by atoms with Gasteiger partial charge >= 0.3 is 0 Å². The van der Waals surface area contributed by atoms with Gasteiger partial charge in [-0.3, -0.25) is 0 Å². The average molecular weight is 216 g/mol. The summed E-state index contributed by atoms with van der Waals surface area (Å²) in [7, 11) is 0. The summed E-state index contributed by atoms with van der Waals surface area (Å²) < 4.78 is 0. The SMILES string of the molecule is Cc1cc(CNC/C=C/Cl)sc1C. The van der Waals surface area contributed by atoms with Crippen molar-refractivity contribution in [1.29, 1.82) is 0 Å². The number of nitrogens with one attached hydrogen (secondary N) is 1. The summed E-state index contributed by atoms with van der Waals surface area (Å²) in [6, 6.07) is 2.23. The first-order valence-corrected chi connectivity index (χ1v) is 5.51. The zero-order chi connectivity index (χ0) is 9.68. The molecule has 0 fully saturated rings. The molecule has 0 saturated carbocycles. The van der Waals surface area contributed by atoms with E-state index in [-0.39, 0.29) is 0 Å². The summed E-state index contributed by atoms with van der Waals surface area (Å²) in [5.41, 5.74) is 2.92. The monoisotopic (exact) mass is 215 g/mol. The van der Waals surface area contributed by atoms with Gasteiger partial charge in [-0.15, -0.1) is 11.3 Å². The topological polar surface area (TPSA) is 12.0 Å². The Labute approximate surface area is 88.4 Å². The largest absolute Gasteiger partial charge is 0.308 e. The maximum Gasteiger partial charge on any atom is 0.0302 e. The van der Waals surface area contributed by atoms with Crippen LogP contribution >= 0.6 is 22.9 Å². The van der Waals surface area contributed by atoms with Crippen molar-refractivity contribution >= 4 is 22.9 Å². The van der Waals surface area contributed by atoms with Gasteiger partial charge in [0.05, 0.1) is 0 Å². The van der Waals surface area contributed by atoms with E-state index in [0.717, 1.165) is 13.1 Å². The quantitative estimate of drug-likeness (QED) is 0.761. The van der Waals surface area contributed by atoms with Gasteiger partial charge in [0.1, 0.15) is 0 Å². The molecule has 1 N–H and O–H groups in total. The lowest BCUT2D eigenvalue weighted by Crippen LogP contribution is -2.11. The van der Waals surface area contributed by atoms with Gasteiger partial charge in [0.15, 0.2) is 0 Å². The Balaban J connectivity index is 2.37. The summed E-state index contributed by atoms with van der Waals surface area (Å²) >= 11 is 7.25. The van der Waals surface area contributed by atoms with Crippen molar-refractivity contribution in [3.63, 3.8) is 0 Å². The lowest BCUT2D eigenvalue weighted by atomic mass is 10.3. The third-order valence-electron chi connectivity index (χ3n) is 1.87. The molecule has 0 atom stereocenters. The summed E-state index contributed by atoms with van der Waals surface area (Å²) in [6.07, 6.45) is 1.90. The van der Waals surface area contributed by atoms with E-state index < -0.39 is 0 Å². The molecule has 0 aliphatic carbocycles. The van der Waals surface area contributed by atoms with E-state index in [1.165, 1.54) is 20.9 Å². The fourth-order valence-electron chi connectivity index (χ4n) is 1.06. The van der Waals surface area contributed by atoms with Crippen LogP contribution in [0.1, 0.15) is 15.3 Å². The van der Waals surface area contributed by atoms with Crippen LogP contribution in [0.3, 0.4) is 0 Å². The van der Waals surface area contributed by atoms with Crippen molar-refractivity contribution in [2.45, 2.75) is 20.4 Å². The minimum Gasteiger partial charge on any atom is -0.308 e. The molecule has 1 heterocycles. The second kappa shape index (κ2) is 5.43. The van der Waals surface area contributed by atoms with Crippen molar-refractivity contribution < 1.29 is 0 Å². The molecule has 3 heteroatoms. The molecule has 72 valence electrons. The van der Waals surface area contributed by atoms with Crippen LogP contribution in [-0.2, 0) is 6.54 Å². The number of hydrogen-bond acceptors (Lipinski definition) is 2. The second-order valence-corrected chi connectivity index (χ2v) is 4.54. The highest BCUT2D eigenvalue weighted by atomic mass is 35.5. The molecule has 0 aromatic carbocycles. The van der Waals surface area contributed by atoms with E-state index in [1.807, 2.05) is 17.4 Å². The minimum absolute atomic E-state index is 0.833. The molecule has 1 aromatic heterocycles. The summed E-state index contributed by atoms with van der Waals surface area (Å²) in [5, 5.41) is 3.28. The summed E-state index contributed by atoms with van der Waals surface area (Å²) in [5.74, 6) is 0. The summed E-state index contributed by atoms with van der Waals surface area (Å²) in [6.45, 7) is 6.07. The Kier molecular flexibility index (Phi) is 4.50. The normalized spacial score (nSPS) is 11.3. The van der Waals surface area contributed by atoms with Crippen LogP contribution in [0.15, 0.2) is 17.7 Å². The Bertz CT molecular complexity index is 272. The van der Waals surface area contributed by atoms with E-state index in [9.17, 15) is 0 Å². The van der Waals surface area contributed by atoms with Gasteiger partial charge in [0.2, 0.25) is 0 Å². The van der Waals surface area contributed by atoms with Crippen molar-refractivity contribution in [2.75, 3.05) is 6.54 Å². The maximum atomic E-state index is 5.39. The highest BCUT2D eigenvalue weighted by molar-refractivity contribution is 7.12. The molecule has 1 aromatic rings. The predicted molar refractivity (Wildman–Crippen MR) is 60.5 cm³/mol. The fourth-order valence-corrected chi connectivity index (χ4v) is 2.17. The first-order valence-electron chi connectivity index (χ1n) is 4.26. The lowest BCUT2D eigenvalue weighted by molar-refractivity contribution is 0.770. The molecule has 13 heavy (non-hydrogen) atoms. The number of rotatable bonds is 4. The second-order valence-electron chi connectivity index (χ2n) is 2.94. The Hall–Kier alpha value is -0.310. The first kappa shape index (κ1) is 10.8. The molecule has 1 nitrogen and oxygen atoms in total. The smallest absolute Gasteiger partial charge is 0.0302 e. The van der Waals surface area contributed by atoms with Crippen molar-refractivity contribution in [2.24, 2.45) is 0 Å². The highest BCUT2D eigenvalue weighted by Crippen LogP contribution is 2.19. The molecule has 0 amide bonds. The van der Waals surface area contributed by atoms with Gasteiger partial charge in [-0.1, -0.05) is 17.7 Å². The third-order valence-corrected chi connectivity index (χ3v) is 3.20. The molecule has 0 bridgehead atoms. The highest BCUT2D eigenvalue weighted by Gasteiger charge is 1.99. The number of aryl methyl sites for hydroxylation is 2. The van der Waals surface area contributed by atoms with Crippen LogP contribution < -0.4 is 5.32 Å². The van der Waals surface area contributed by atoms with Crippen LogP contribution in [0.4, 0.5) is 0 Å². The third kappa shape index (κ3) is 3.51. The van der Waals surface area contributed by atoms with E-state index in [0.29, 0.717) is 0 Å². The molecule has 0 radical (unpaired) electrons. The van der Waals surface area contributed by atoms with Gasteiger partial charge in [-0.05, 0) is 25.5 Å². The van der Waals surface area contributed by atoms with E-state index in [1.54, 1.807) is 0 Å². The maximum absolute atomic E-state index is 5.39. The van der Waals surface area contributed by atoms with Gasteiger partial charge < -0.3 is 5.32 Å². The van der Waals surface area contributed by atoms with Crippen LogP contribution in [-0.4, -0.2) is 6.54 Å². The molecular formula is C10H14ClNS. The van der Waals surface area contributed by atoms with Gasteiger partial charge in [-0.2, -0.15) is 0 Å². The van der Waals surface area contributed by atoms with Gasteiger partial charge in [-0.25, -0.2) is 0 Å². The lowest BCUT2D eigenvalue weighted by Gasteiger charge is -1.96. The molecule has 0 aliphatic heterocycles. The Morgan fingerprint density at radius 3 is 2.85 bits per heavy atom. The predicted octanol–water partition coefficient (Wildman–Crippen LogP) is 3.21. The zero-order valence-corrected chi connectivity index (χ0v) is 9.50. The molecular weight excluding hydrogens is 202 g/mol. The fraction of sp³-hybridized carbons (Fsp3) is 0.400. The van der Waals surface area contributed by atoms with Crippen molar-refractivity contribution in [1.82, 2.24) is 5.32 Å². The number of halogens is 1. The standard InChI is InChI=1S/C10H14ClNS/c1-8-6-10(13-9(8)2)7-12-5-3-4-11/h3-4,6,12H,5,7H2,1-2H3/b4-3+. The Morgan fingerprint density at radius 1 is 1.54 bits per heavy atom. The molecule has 0 unspecified atom stereocenters. The first-order chi connectivity index (χ1) is 6.24. The van der Waals surface area contributed by atoms with Crippen molar-refractivity contribution in [3.8, 4) is 0 Å². The molecule has 0 saturated heterocycles. The molecule has 0 aliphatic rings. The van der Waals surface area contributed by atoms with E-state index >= 15 is 0 Å². The summed E-state index contributed by atoms with van der Waals surface area (Å²) in [4.78, 5) is 2.79. The number of thiophene rings is 1. The van der Waals surface area contributed by atoms with Crippen LogP contribution in [0.25, 0.3) is 0 Å². The Morgan fingerprint density at radius 2 is 2.31 bits per heavy atom. The van der Waals surface area contributed by atoms with Gasteiger partial charge in [0.25, 0.3) is 0 Å². The number of hydrogen-bond donors (Lipinski definition) is 1. The van der Waals surface area contributed by atoms with Crippen molar-refractivity contribution in [3.05, 3.63) is 33.0 Å². The minimum atomic E-state index is 0.833. The van der Waals surface area contributed by atoms with E-state index in [2.05, 4.69) is 25.2 Å². The van der Waals surface area contributed by atoms with Crippen LogP contribution in [0.5, 0.6) is 0 Å². The zero-order valence-electron chi connectivity index (χ0n) is 7.93. The molecule has 1 rings (SSSR count). The molecule has 0 spiro atoms. The van der Waals surface area contributed by atoms with Crippen LogP contribution in [0, 0.1) is 13.8 Å². The van der Waals surface area contributed by atoms with Crippen LogP contribution in [0.2, 0.25) is 0 Å². The van der Waals surface area contributed by atoms with E-state index in [4.69, 9.17) is 11.6 Å². The average Bonchev–Trinajstić information content (AvgIpc) is 2.41.